The Hall–Kier alpha value is -0.0400. The predicted octanol–water partition coefficient (Wildman–Crippen LogP) is 10.9. The van der Waals surface area contributed by atoms with Gasteiger partial charge in [-0.1, -0.05) is 130 Å². The van der Waals surface area contributed by atoms with Gasteiger partial charge in [-0.05, 0) is 73.0 Å². The number of hydrogen-bond acceptors (Lipinski definition) is 1. The Balaban J connectivity index is 1.55. The van der Waals surface area contributed by atoms with Gasteiger partial charge in [0.2, 0.25) is 0 Å². The fraction of sp³-hybridized carbons (Fsp3) is 1.00. The van der Waals surface area contributed by atoms with Gasteiger partial charge in [0, 0.05) is 0 Å². The summed E-state index contributed by atoms with van der Waals surface area (Å²) < 4.78 is 7.74. The molecule has 4 aliphatic carbocycles. The van der Waals surface area contributed by atoms with Crippen molar-refractivity contribution in [1.82, 2.24) is 0 Å². The quantitative estimate of drug-likeness (QED) is 0.298. The van der Waals surface area contributed by atoms with Gasteiger partial charge in [-0.2, -0.15) is 0 Å². The predicted molar refractivity (Wildman–Crippen MR) is 152 cm³/mol. The molecule has 1 heteroatoms. The molecule has 4 saturated carbocycles. The maximum Gasteiger partial charge on any atom is 0.0658 e. The monoisotopic (exact) mass is 486 g/mol. The van der Waals surface area contributed by atoms with E-state index < -0.39 is 0 Å². The first-order valence-corrected chi connectivity index (χ1v) is 16.5. The van der Waals surface area contributed by atoms with E-state index in [1.54, 1.807) is 0 Å². The van der Waals surface area contributed by atoms with Crippen LogP contribution < -0.4 is 0 Å². The molecule has 0 spiro atoms. The number of ether oxygens (including phenoxy) is 1. The molecule has 0 aromatic carbocycles. The van der Waals surface area contributed by atoms with Crippen LogP contribution in [-0.4, -0.2) is 12.2 Å². The number of hydrogen-bond donors (Lipinski definition) is 0. The van der Waals surface area contributed by atoms with Crippen LogP contribution in [0.2, 0.25) is 0 Å². The van der Waals surface area contributed by atoms with Crippen molar-refractivity contribution in [3.63, 3.8) is 0 Å². The molecule has 0 amide bonds. The average molecular weight is 487 g/mol. The molecule has 0 N–H and O–H groups in total. The van der Waals surface area contributed by atoms with E-state index in [-0.39, 0.29) is 0 Å². The minimum Gasteiger partial charge on any atom is -0.373 e. The molecule has 0 aromatic heterocycles. The summed E-state index contributed by atoms with van der Waals surface area (Å²) in [4.78, 5) is 0. The first-order chi connectivity index (χ1) is 16.9. The highest BCUT2D eigenvalue weighted by molar-refractivity contribution is 4.94. The van der Waals surface area contributed by atoms with Crippen LogP contribution >= 0.6 is 0 Å². The lowest BCUT2D eigenvalue weighted by Crippen LogP contribution is -2.49. The van der Waals surface area contributed by atoms with Crippen molar-refractivity contribution in [2.75, 3.05) is 0 Å². The summed E-state index contributed by atoms with van der Waals surface area (Å²) in [6.45, 7) is 10.5. The third-order valence-corrected chi connectivity index (χ3v) is 11.1. The third-order valence-electron chi connectivity index (χ3n) is 11.1. The Morgan fingerprint density at radius 3 is 1.06 bits per heavy atom. The molecule has 35 heavy (non-hydrogen) atoms. The maximum absolute atomic E-state index is 7.74. The van der Waals surface area contributed by atoms with Crippen LogP contribution in [-0.2, 0) is 4.74 Å². The van der Waals surface area contributed by atoms with Gasteiger partial charge in [0.25, 0.3) is 0 Å². The van der Waals surface area contributed by atoms with E-state index in [9.17, 15) is 0 Å². The molecule has 1 nitrogen and oxygen atoms in total. The highest BCUT2D eigenvalue weighted by Gasteiger charge is 2.45. The van der Waals surface area contributed by atoms with Gasteiger partial charge >= 0.3 is 0 Å². The van der Waals surface area contributed by atoms with Crippen LogP contribution in [0.15, 0.2) is 0 Å². The van der Waals surface area contributed by atoms with Gasteiger partial charge in [0.1, 0.15) is 0 Å². The Labute approximate surface area is 220 Å². The van der Waals surface area contributed by atoms with Crippen LogP contribution in [0.1, 0.15) is 169 Å². The molecule has 204 valence electrons. The van der Waals surface area contributed by atoms with E-state index in [1.807, 2.05) is 0 Å². The average Bonchev–Trinajstić information content (AvgIpc) is 2.86. The van der Waals surface area contributed by atoms with Crippen molar-refractivity contribution in [1.29, 1.82) is 0 Å². The van der Waals surface area contributed by atoms with Gasteiger partial charge in [-0.3, -0.25) is 0 Å². The van der Waals surface area contributed by atoms with E-state index >= 15 is 0 Å². The summed E-state index contributed by atoms with van der Waals surface area (Å²) in [6, 6.07) is 0. The summed E-state index contributed by atoms with van der Waals surface area (Å²) in [6.07, 6.45) is 32.7. The van der Waals surface area contributed by atoms with Gasteiger partial charge in [0.05, 0.1) is 12.2 Å². The second-order valence-electron chi connectivity index (χ2n) is 15.2. The maximum atomic E-state index is 7.74. The smallest absolute Gasteiger partial charge is 0.0658 e. The van der Waals surface area contributed by atoms with Crippen molar-refractivity contribution in [3.8, 4) is 0 Å². The molecule has 0 bridgehead atoms. The largest absolute Gasteiger partial charge is 0.373 e. The van der Waals surface area contributed by atoms with Crippen molar-refractivity contribution >= 4 is 0 Å². The van der Waals surface area contributed by atoms with E-state index in [0.29, 0.717) is 23.0 Å². The molecule has 0 heterocycles. The molecule has 4 aliphatic rings. The van der Waals surface area contributed by atoms with Crippen LogP contribution in [0.25, 0.3) is 0 Å². The van der Waals surface area contributed by atoms with E-state index in [4.69, 9.17) is 4.74 Å². The fourth-order valence-corrected chi connectivity index (χ4v) is 9.40. The summed E-state index contributed by atoms with van der Waals surface area (Å²) >= 11 is 0. The summed E-state index contributed by atoms with van der Waals surface area (Å²) in [5.74, 6) is 3.46. The Kier molecular flexibility index (Phi) is 10.5. The van der Waals surface area contributed by atoms with Gasteiger partial charge in [-0.25, -0.2) is 0 Å². The molecule has 0 aromatic rings. The topological polar surface area (TPSA) is 9.23 Å². The minimum atomic E-state index is 0.303. The van der Waals surface area contributed by atoms with Crippen LogP contribution in [0.3, 0.4) is 0 Å². The number of rotatable bonds is 10. The zero-order valence-corrected chi connectivity index (χ0v) is 24.4. The standard InChI is InChI=1S/C34H62O/c1-33(2,25-27-17-9-5-10-18-27)31(29-21-13-7-14-22-29)35-32(30-23-15-8-16-24-30)34(3,4)26-28-19-11-6-12-20-28/h27-32H,5-26H2,1-4H3. The second kappa shape index (κ2) is 13.2. The lowest BCUT2D eigenvalue weighted by Gasteiger charge is -2.50. The highest BCUT2D eigenvalue weighted by atomic mass is 16.5. The molecule has 0 aliphatic heterocycles. The normalized spacial score (nSPS) is 27.1. The summed E-state index contributed by atoms with van der Waals surface area (Å²) in [5, 5.41) is 0. The SMILES string of the molecule is CC(C)(CC1CCCCC1)C(OC(C1CCCCC1)C(C)(C)CC1CCCCC1)C1CCCCC1. The van der Waals surface area contributed by atoms with Gasteiger partial charge in [-0.15, -0.1) is 0 Å². The first-order valence-electron chi connectivity index (χ1n) is 16.5. The third kappa shape index (κ3) is 7.97. The molecule has 2 unspecified atom stereocenters. The molecule has 2 atom stereocenters. The fourth-order valence-electron chi connectivity index (χ4n) is 9.40. The van der Waals surface area contributed by atoms with Crippen molar-refractivity contribution in [2.24, 2.45) is 34.5 Å². The Bertz CT molecular complexity index is 530. The molecular formula is C34H62O. The summed E-state index contributed by atoms with van der Waals surface area (Å²) in [5.41, 5.74) is 0.607. The second-order valence-corrected chi connectivity index (χ2v) is 15.2. The zero-order valence-electron chi connectivity index (χ0n) is 24.4. The van der Waals surface area contributed by atoms with Crippen LogP contribution in [0.4, 0.5) is 0 Å². The van der Waals surface area contributed by atoms with E-state index in [0.717, 1.165) is 23.7 Å². The highest BCUT2D eigenvalue weighted by Crippen LogP contribution is 2.49. The van der Waals surface area contributed by atoms with Gasteiger partial charge < -0.3 is 4.74 Å². The van der Waals surface area contributed by atoms with Crippen molar-refractivity contribution in [2.45, 2.75) is 181 Å². The van der Waals surface area contributed by atoms with Crippen molar-refractivity contribution in [3.05, 3.63) is 0 Å². The Morgan fingerprint density at radius 2 is 0.743 bits per heavy atom. The molecule has 4 rings (SSSR count). The molecular weight excluding hydrogens is 424 g/mol. The Morgan fingerprint density at radius 1 is 0.457 bits per heavy atom. The lowest BCUT2D eigenvalue weighted by atomic mass is 9.66. The first kappa shape index (κ1) is 28.0. The molecule has 4 fully saturated rings. The molecule has 0 radical (unpaired) electrons. The molecule has 0 saturated heterocycles. The van der Waals surface area contributed by atoms with Gasteiger partial charge in [0.15, 0.2) is 0 Å². The van der Waals surface area contributed by atoms with Crippen LogP contribution in [0.5, 0.6) is 0 Å². The van der Waals surface area contributed by atoms with Crippen LogP contribution in [0, 0.1) is 34.5 Å². The lowest BCUT2D eigenvalue weighted by molar-refractivity contribution is -0.174. The van der Waals surface area contributed by atoms with E-state index in [1.165, 1.54) is 141 Å². The minimum absolute atomic E-state index is 0.303. The van der Waals surface area contributed by atoms with Crippen molar-refractivity contribution < 1.29 is 4.74 Å². The van der Waals surface area contributed by atoms with E-state index in [2.05, 4.69) is 27.7 Å². The zero-order chi connectivity index (χ0) is 24.7. The summed E-state index contributed by atoms with van der Waals surface area (Å²) in [7, 11) is 0.